The zero-order chi connectivity index (χ0) is 13.9. The van der Waals surface area contributed by atoms with E-state index in [9.17, 15) is 9.83 Å². The van der Waals surface area contributed by atoms with Crippen molar-refractivity contribution in [3.8, 4) is 5.81 Å². The van der Waals surface area contributed by atoms with E-state index in [2.05, 4.69) is 0 Å². The first-order valence-corrected chi connectivity index (χ1v) is 7.56. The molecule has 0 heterocycles. The molecule has 0 rings (SSSR count). The summed E-state index contributed by atoms with van der Waals surface area (Å²) >= 11 is 0. The normalized spacial score (nSPS) is 16.3. The molecule has 0 fully saturated rings. The second kappa shape index (κ2) is 6.00. The molecule has 0 amide bonds. The summed E-state index contributed by atoms with van der Waals surface area (Å²) in [5.41, 5.74) is -0.105. The van der Waals surface area contributed by atoms with Gasteiger partial charge in [0, 0.05) is 12.1 Å². The number of nitriles is 1. The van der Waals surface area contributed by atoms with Crippen LogP contribution in [0, 0.1) is 16.5 Å². The fourth-order valence-electron chi connectivity index (χ4n) is 1.63. The van der Waals surface area contributed by atoms with Crippen molar-refractivity contribution in [2.45, 2.75) is 60.5 Å². The summed E-state index contributed by atoms with van der Waals surface area (Å²) in [6.07, 6.45) is 0. The van der Waals surface area contributed by atoms with Crippen molar-refractivity contribution in [1.29, 1.82) is 5.26 Å². The Balaban J connectivity index is 5.01. The molecule has 0 saturated heterocycles. The third-order valence-corrected chi connectivity index (χ3v) is 4.42. The fraction of sp³-hybridized carbons (Fsp3) is 0.917. The molecular weight excluding hydrogens is 235 g/mol. The lowest BCUT2D eigenvalue weighted by molar-refractivity contribution is 0.166. The molecule has 5 heteroatoms. The maximum absolute atomic E-state index is 12.6. The van der Waals surface area contributed by atoms with Crippen LogP contribution in [-0.4, -0.2) is 23.4 Å². The smallest absolute Gasteiger partial charge is 0.306 e. The maximum atomic E-state index is 12.6. The second-order valence-corrected chi connectivity index (χ2v) is 7.98. The molecular formula is C12H25N2O2P. The van der Waals surface area contributed by atoms with Gasteiger partial charge in [-0.1, -0.05) is 20.8 Å². The van der Waals surface area contributed by atoms with Gasteiger partial charge in [0.25, 0.3) is 0 Å². The standard InChI is InChI=1S/C12H25N2O2P/c1-10(2)14(11(3)4)17(15,9-13)16-8-12(5,6)7/h10-11H,8H2,1-7H3. The Labute approximate surface area is 105 Å². The molecule has 17 heavy (non-hydrogen) atoms. The van der Waals surface area contributed by atoms with Crippen molar-refractivity contribution in [2.24, 2.45) is 5.41 Å². The van der Waals surface area contributed by atoms with E-state index in [1.165, 1.54) is 0 Å². The predicted octanol–water partition coefficient (Wildman–Crippen LogP) is 3.84. The van der Waals surface area contributed by atoms with E-state index < -0.39 is 7.52 Å². The Hall–Kier alpha value is -0.360. The third kappa shape index (κ3) is 5.21. The monoisotopic (exact) mass is 260 g/mol. The Morgan fingerprint density at radius 3 is 1.88 bits per heavy atom. The molecule has 100 valence electrons. The summed E-state index contributed by atoms with van der Waals surface area (Å²) in [6, 6.07) is 0.0286. The summed E-state index contributed by atoms with van der Waals surface area (Å²) in [5.74, 6) is 1.87. The number of nitrogens with zero attached hydrogens (tertiary/aromatic N) is 2. The van der Waals surface area contributed by atoms with E-state index in [0.29, 0.717) is 6.61 Å². The molecule has 0 saturated carbocycles. The number of hydrogen-bond acceptors (Lipinski definition) is 3. The van der Waals surface area contributed by atoms with Crippen LogP contribution in [0.1, 0.15) is 48.5 Å². The lowest BCUT2D eigenvalue weighted by Gasteiger charge is -2.34. The molecule has 1 atom stereocenters. The molecule has 4 nitrogen and oxygen atoms in total. The lowest BCUT2D eigenvalue weighted by atomic mass is 9.99. The summed E-state index contributed by atoms with van der Waals surface area (Å²) in [7, 11) is -3.38. The van der Waals surface area contributed by atoms with Crippen LogP contribution in [0.4, 0.5) is 0 Å². The Morgan fingerprint density at radius 2 is 1.65 bits per heavy atom. The van der Waals surface area contributed by atoms with Gasteiger partial charge in [-0.15, -0.1) is 0 Å². The third-order valence-electron chi connectivity index (χ3n) is 2.16. The first-order valence-electron chi connectivity index (χ1n) is 5.98. The molecule has 0 radical (unpaired) electrons. The molecule has 0 aromatic heterocycles. The fourth-order valence-corrected chi connectivity index (χ4v) is 3.71. The molecule has 0 aliphatic carbocycles. The van der Waals surface area contributed by atoms with Gasteiger partial charge in [-0.2, -0.15) is 5.26 Å². The second-order valence-electron chi connectivity index (χ2n) is 6.02. The van der Waals surface area contributed by atoms with E-state index >= 15 is 0 Å². The van der Waals surface area contributed by atoms with Crippen LogP contribution < -0.4 is 0 Å². The Kier molecular flexibility index (Phi) is 5.87. The van der Waals surface area contributed by atoms with E-state index in [1.54, 1.807) is 4.67 Å². The van der Waals surface area contributed by atoms with Gasteiger partial charge in [0.15, 0.2) is 5.81 Å². The molecule has 0 aromatic carbocycles. The van der Waals surface area contributed by atoms with Crippen molar-refractivity contribution in [3.05, 3.63) is 0 Å². The molecule has 1 unspecified atom stereocenters. The summed E-state index contributed by atoms with van der Waals surface area (Å²) in [5, 5.41) is 9.17. The van der Waals surface area contributed by atoms with Crippen LogP contribution in [0.25, 0.3) is 0 Å². The summed E-state index contributed by atoms with van der Waals surface area (Å²) in [6.45, 7) is 14.0. The first-order chi connectivity index (χ1) is 7.53. The highest BCUT2D eigenvalue weighted by atomic mass is 31.2. The van der Waals surface area contributed by atoms with Gasteiger partial charge in [0.05, 0.1) is 6.61 Å². The van der Waals surface area contributed by atoms with Gasteiger partial charge in [-0.3, -0.25) is 4.57 Å². The van der Waals surface area contributed by atoms with Crippen LogP contribution in [0.15, 0.2) is 0 Å². The van der Waals surface area contributed by atoms with Gasteiger partial charge in [0.2, 0.25) is 0 Å². The Morgan fingerprint density at radius 1 is 1.24 bits per heavy atom. The van der Waals surface area contributed by atoms with Gasteiger partial charge in [-0.25, -0.2) is 4.67 Å². The summed E-state index contributed by atoms with van der Waals surface area (Å²) in [4.78, 5) is 0. The van der Waals surface area contributed by atoms with Crippen molar-refractivity contribution in [2.75, 3.05) is 6.61 Å². The number of rotatable bonds is 5. The first kappa shape index (κ1) is 16.6. The maximum Gasteiger partial charge on any atom is 0.371 e. The van der Waals surface area contributed by atoms with Gasteiger partial charge >= 0.3 is 7.52 Å². The number of hydrogen-bond donors (Lipinski definition) is 0. The molecule has 0 aliphatic heterocycles. The van der Waals surface area contributed by atoms with E-state index in [-0.39, 0.29) is 17.5 Å². The van der Waals surface area contributed by atoms with Crippen LogP contribution >= 0.6 is 7.52 Å². The SMILES string of the molecule is CC(C)N(C(C)C)P(=O)(C#N)OCC(C)(C)C. The molecule has 0 spiro atoms. The average molecular weight is 260 g/mol. The molecule has 0 N–H and O–H groups in total. The predicted molar refractivity (Wildman–Crippen MR) is 70.7 cm³/mol. The van der Waals surface area contributed by atoms with Crippen molar-refractivity contribution in [3.63, 3.8) is 0 Å². The quantitative estimate of drug-likeness (QED) is 0.705. The van der Waals surface area contributed by atoms with Crippen molar-refractivity contribution in [1.82, 2.24) is 4.67 Å². The topological polar surface area (TPSA) is 53.3 Å². The van der Waals surface area contributed by atoms with E-state index in [1.807, 2.05) is 54.3 Å². The minimum Gasteiger partial charge on any atom is -0.306 e. The van der Waals surface area contributed by atoms with Crippen molar-refractivity contribution < 1.29 is 9.09 Å². The van der Waals surface area contributed by atoms with Crippen LogP contribution in [0.2, 0.25) is 0 Å². The van der Waals surface area contributed by atoms with Crippen molar-refractivity contribution >= 4 is 7.52 Å². The highest BCUT2D eigenvalue weighted by molar-refractivity contribution is 7.61. The van der Waals surface area contributed by atoms with Gasteiger partial charge in [-0.05, 0) is 33.1 Å². The van der Waals surface area contributed by atoms with Gasteiger partial charge in [0.1, 0.15) is 0 Å². The van der Waals surface area contributed by atoms with Crippen LogP contribution in [-0.2, 0) is 9.09 Å². The molecule has 0 bridgehead atoms. The highest BCUT2D eigenvalue weighted by Crippen LogP contribution is 2.52. The Bertz CT molecular complexity index is 318. The van der Waals surface area contributed by atoms with E-state index in [0.717, 1.165) is 0 Å². The van der Waals surface area contributed by atoms with Crippen LogP contribution in [0.5, 0.6) is 0 Å². The van der Waals surface area contributed by atoms with Crippen LogP contribution in [0.3, 0.4) is 0 Å². The molecule has 0 aliphatic rings. The van der Waals surface area contributed by atoms with Gasteiger partial charge < -0.3 is 4.52 Å². The zero-order valence-corrected chi connectivity index (χ0v) is 12.9. The lowest BCUT2D eigenvalue weighted by Crippen LogP contribution is -2.35. The zero-order valence-electron chi connectivity index (χ0n) is 12.0. The average Bonchev–Trinajstić information content (AvgIpc) is 2.12. The largest absolute Gasteiger partial charge is 0.371 e. The minimum absolute atomic E-state index is 0.0143. The summed E-state index contributed by atoms with van der Waals surface area (Å²) < 4.78 is 19.7. The highest BCUT2D eigenvalue weighted by Gasteiger charge is 2.37. The molecule has 0 aromatic rings. The minimum atomic E-state index is -3.38. The van der Waals surface area contributed by atoms with E-state index in [4.69, 9.17) is 4.52 Å².